The predicted octanol–water partition coefficient (Wildman–Crippen LogP) is 1.62. The lowest BCUT2D eigenvalue weighted by Crippen LogP contribution is -2.23. The molecule has 0 aliphatic heterocycles. The van der Waals surface area contributed by atoms with Gasteiger partial charge < -0.3 is 14.2 Å². The lowest BCUT2D eigenvalue weighted by molar-refractivity contribution is -0.145. The average molecular weight is 264 g/mol. The molecule has 0 aromatic heterocycles. The van der Waals surface area contributed by atoms with E-state index in [1.165, 1.54) is 14.2 Å². The first-order valence-corrected chi connectivity index (χ1v) is 6.08. The smallest absolute Gasteiger partial charge is 0.317 e. The number of carbonyl (C=O) groups excluding carboxylic acids is 2. The molecule has 1 aliphatic rings. The monoisotopic (exact) mass is 264 g/mol. The molecule has 0 amide bonds. The zero-order valence-corrected chi connectivity index (χ0v) is 11.2. The molecule has 0 bridgehead atoms. The Hall–Kier alpha value is -2.04. The SMILES string of the molecule is CCOC(=O)C1Cc2c(OC)cc(OC)cc2C1=O. The highest BCUT2D eigenvalue weighted by atomic mass is 16.5. The van der Waals surface area contributed by atoms with Crippen molar-refractivity contribution >= 4 is 11.8 Å². The Balaban J connectivity index is 2.39. The zero-order valence-electron chi connectivity index (χ0n) is 11.2. The van der Waals surface area contributed by atoms with Crippen molar-refractivity contribution < 1.29 is 23.8 Å². The molecule has 1 aromatic carbocycles. The van der Waals surface area contributed by atoms with E-state index in [1.54, 1.807) is 19.1 Å². The number of carbonyl (C=O) groups is 2. The summed E-state index contributed by atoms with van der Waals surface area (Å²) in [4.78, 5) is 24.0. The summed E-state index contributed by atoms with van der Waals surface area (Å²) in [6, 6.07) is 3.35. The van der Waals surface area contributed by atoms with Crippen LogP contribution >= 0.6 is 0 Å². The van der Waals surface area contributed by atoms with Gasteiger partial charge in [0.2, 0.25) is 0 Å². The topological polar surface area (TPSA) is 61.8 Å². The lowest BCUT2D eigenvalue weighted by Gasteiger charge is -2.08. The van der Waals surface area contributed by atoms with Crippen molar-refractivity contribution in [3.8, 4) is 11.5 Å². The molecule has 1 aromatic rings. The van der Waals surface area contributed by atoms with Gasteiger partial charge in [0.25, 0.3) is 0 Å². The van der Waals surface area contributed by atoms with E-state index < -0.39 is 11.9 Å². The minimum Gasteiger partial charge on any atom is -0.497 e. The molecule has 1 atom stereocenters. The Morgan fingerprint density at radius 3 is 2.63 bits per heavy atom. The average Bonchev–Trinajstić information content (AvgIpc) is 2.75. The van der Waals surface area contributed by atoms with Gasteiger partial charge in [-0.3, -0.25) is 9.59 Å². The van der Waals surface area contributed by atoms with E-state index >= 15 is 0 Å². The van der Waals surface area contributed by atoms with E-state index in [9.17, 15) is 9.59 Å². The molecule has 0 heterocycles. The molecule has 19 heavy (non-hydrogen) atoms. The number of hydrogen-bond acceptors (Lipinski definition) is 5. The molecule has 0 saturated carbocycles. The van der Waals surface area contributed by atoms with Gasteiger partial charge in [0.15, 0.2) is 5.78 Å². The zero-order chi connectivity index (χ0) is 14.0. The van der Waals surface area contributed by atoms with Crippen LogP contribution in [0.5, 0.6) is 11.5 Å². The third-order valence-corrected chi connectivity index (χ3v) is 3.20. The van der Waals surface area contributed by atoms with Crippen LogP contribution in [0.1, 0.15) is 22.8 Å². The second kappa shape index (κ2) is 5.30. The number of benzene rings is 1. The minimum atomic E-state index is -0.768. The van der Waals surface area contributed by atoms with E-state index in [2.05, 4.69) is 0 Å². The van der Waals surface area contributed by atoms with Crippen LogP contribution in [-0.2, 0) is 16.0 Å². The molecule has 0 fully saturated rings. The quantitative estimate of drug-likeness (QED) is 0.611. The van der Waals surface area contributed by atoms with Gasteiger partial charge in [0.05, 0.1) is 20.8 Å². The Morgan fingerprint density at radius 2 is 2.05 bits per heavy atom. The summed E-state index contributed by atoms with van der Waals surface area (Å²) in [7, 11) is 3.04. The van der Waals surface area contributed by atoms with Gasteiger partial charge in [0.1, 0.15) is 17.4 Å². The Labute approximate surface area is 111 Å². The van der Waals surface area contributed by atoms with E-state index in [4.69, 9.17) is 14.2 Å². The molecule has 0 spiro atoms. The number of methoxy groups -OCH3 is 2. The van der Waals surface area contributed by atoms with Crippen molar-refractivity contribution in [1.82, 2.24) is 0 Å². The molecule has 1 unspecified atom stereocenters. The highest BCUT2D eigenvalue weighted by Gasteiger charge is 2.39. The predicted molar refractivity (Wildman–Crippen MR) is 67.7 cm³/mol. The van der Waals surface area contributed by atoms with Gasteiger partial charge in [0, 0.05) is 17.2 Å². The molecule has 0 N–H and O–H groups in total. The van der Waals surface area contributed by atoms with Crippen molar-refractivity contribution in [2.75, 3.05) is 20.8 Å². The summed E-state index contributed by atoms with van der Waals surface area (Å²) in [6.07, 6.45) is 0.320. The van der Waals surface area contributed by atoms with Crippen LogP contribution in [0.4, 0.5) is 0 Å². The first-order chi connectivity index (χ1) is 9.12. The maximum atomic E-state index is 12.2. The van der Waals surface area contributed by atoms with Crippen molar-refractivity contribution in [1.29, 1.82) is 0 Å². The number of hydrogen-bond donors (Lipinski definition) is 0. The number of ether oxygens (including phenoxy) is 3. The summed E-state index contributed by atoms with van der Waals surface area (Å²) in [5.41, 5.74) is 1.22. The maximum absolute atomic E-state index is 12.2. The van der Waals surface area contributed by atoms with Crippen molar-refractivity contribution in [3.05, 3.63) is 23.3 Å². The van der Waals surface area contributed by atoms with Gasteiger partial charge >= 0.3 is 5.97 Å². The molecule has 5 nitrogen and oxygen atoms in total. The lowest BCUT2D eigenvalue weighted by atomic mass is 10.1. The van der Waals surface area contributed by atoms with Gasteiger partial charge in [-0.15, -0.1) is 0 Å². The summed E-state index contributed by atoms with van der Waals surface area (Å²) in [5.74, 6) is -0.380. The highest BCUT2D eigenvalue weighted by molar-refractivity contribution is 6.13. The summed E-state index contributed by atoms with van der Waals surface area (Å²) < 4.78 is 15.3. The van der Waals surface area contributed by atoms with Gasteiger partial charge in [-0.1, -0.05) is 0 Å². The molecule has 102 valence electrons. The van der Waals surface area contributed by atoms with Crippen LogP contribution in [0.2, 0.25) is 0 Å². The number of ketones is 1. The second-order valence-electron chi connectivity index (χ2n) is 4.23. The summed E-state index contributed by atoms with van der Waals surface area (Å²) >= 11 is 0. The van der Waals surface area contributed by atoms with E-state index in [1.807, 2.05) is 0 Å². The fraction of sp³-hybridized carbons (Fsp3) is 0.429. The van der Waals surface area contributed by atoms with Gasteiger partial charge in [-0.25, -0.2) is 0 Å². The van der Waals surface area contributed by atoms with Gasteiger partial charge in [-0.05, 0) is 19.4 Å². The number of Topliss-reactive ketones (excluding diaryl/α,β-unsaturated/α-hetero) is 1. The highest BCUT2D eigenvalue weighted by Crippen LogP contribution is 2.37. The van der Waals surface area contributed by atoms with Crippen LogP contribution in [-0.4, -0.2) is 32.6 Å². The van der Waals surface area contributed by atoms with Crippen LogP contribution in [0.15, 0.2) is 12.1 Å². The minimum absolute atomic E-state index is 0.231. The number of fused-ring (bicyclic) bond motifs is 1. The van der Waals surface area contributed by atoms with Crippen LogP contribution < -0.4 is 9.47 Å². The van der Waals surface area contributed by atoms with E-state index in [0.29, 0.717) is 23.5 Å². The molecule has 0 radical (unpaired) electrons. The fourth-order valence-electron chi connectivity index (χ4n) is 2.27. The molecule has 1 aliphatic carbocycles. The largest absolute Gasteiger partial charge is 0.497 e. The normalized spacial score (nSPS) is 17.0. The second-order valence-corrected chi connectivity index (χ2v) is 4.23. The third kappa shape index (κ3) is 2.28. The third-order valence-electron chi connectivity index (χ3n) is 3.20. The molecule has 5 heteroatoms. The Bertz CT molecular complexity index is 521. The van der Waals surface area contributed by atoms with Gasteiger partial charge in [-0.2, -0.15) is 0 Å². The first-order valence-electron chi connectivity index (χ1n) is 6.08. The van der Waals surface area contributed by atoms with Crippen molar-refractivity contribution in [2.45, 2.75) is 13.3 Å². The van der Waals surface area contributed by atoms with Crippen LogP contribution in [0.3, 0.4) is 0 Å². The van der Waals surface area contributed by atoms with Crippen molar-refractivity contribution in [3.63, 3.8) is 0 Å². The number of rotatable bonds is 4. The first kappa shape index (κ1) is 13.4. The van der Waals surface area contributed by atoms with E-state index in [0.717, 1.165) is 5.56 Å². The number of esters is 1. The van der Waals surface area contributed by atoms with Crippen molar-refractivity contribution in [2.24, 2.45) is 5.92 Å². The summed E-state index contributed by atoms with van der Waals surface area (Å²) in [5, 5.41) is 0. The Kier molecular flexibility index (Phi) is 3.74. The summed E-state index contributed by atoms with van der Waals surface area (Å²) in [6.45, 7) is 1.98. The molecule has 2 rings (SSSR count). The van der Waals surface area contributed by atoms with E-state index in [-0.39, 0.29) is 12.4 Å². The Morgan fingerprint density at radius 1 is 1.32 bits per heavy atom. The molecule has 0 saturated heterocycles. The maximum Gasteiger partial charge on any atom is 0.317 e. The molecular weight excluding hydrogens is 248 g/mol. The molecular formula is C14H16O5. The van der Waals surface area contributed by atoms with Crippen LogP contribution in [0, 0.1) is 5.92 Å². The van der Waals surface area contributed by atoms with Crippen LogP contribution in [0.25, 0.3) is 0 Å². The standard InChI is InChI=1S/C14H16O5/c1-4-19-14(16)11-7-9-10(13(11)15)5-8(17-2)6-12(9)18-3/h5-6,11H,4,7H2,1-3H3. The fourth-order valence-corrected chi connectivity index (χ4v) is 2.27.